The number of nitrogens with zero attached hydrogens (tertiary/aromatic N) is 2. The standard InChI is InChI=1S/C16H25ClN4O/c1-4-10-20(16(22)21(11-5-2)15(18)19)14-12(6-3)8-7-9-13(14)17/h7-9H,4-6,10-11H2,1-3H3,(H3,18,19). The van der Waals surface area contributed by atoms with Crippen molar-refractivity contribution in [1.82, 2.24) is 4.90 Å². The molecule has 0 spiro atoms. The highest BCUT2D eigenvalue weighted by Gasteiger charge is 2.26. The Kier molecular flexibility index (Phi) is 7.18. The fourth-order valence-electron chi connectivity index (χ4n) is 2.36. The Balaban J connectivity index is 3.28. The number of amides is 2. The molecular weight excluding hydrogens is 300 g/mol. The first-order valence-electron chi connectivity index (χ1n) is 7.68. The molecule has 22 heavy (non-hydrogen) atoms. The van der Waals surface area contributed by atoms with E-state index < -0.39 is 0 Å². The number of anilines is 1. The average Bonchev–Trinajstić information content (AvgIpc) is 2.49. The smallest absolute Gasteiger partial charge is 0.331 e. The SMILES string of the molecule is CCCN(C(=N)N)C(=O)N(CCC)c1c(Cl)cccc1CC. The lowest BCUT2D eigenvalue weighted by atomic mass is 10.1. The van der Waals surface area contributed by atoms with Crippen LogP contribution in [-0.4, -0.2) is 30.0 Å². The van der Waals surface area contributed by atoms with E-state index in [0.717, 1.165) is 30.5 Å². The van der Waals surface area contributed by atoms with Crippen LogP contribution in [0.2, 0.25) is 5.02 Å². The van der Waals surface area contributed by atoms with Gasteiger partial charge in [0, 0.05) is 13.1 Å². The number of carbonyl (C=O) groups excluding carboxylic acids is 1. The first kappa shape index (κ1) is 18.3. The zero-order chi connectivity index (χ0) is 16.7. The van der Waals surface area contributed by atoms with Crippen molar-refractivity contribution in [1.29, 1.82) is 5.41 Å². The molecule has 1 rings (SSSR count). The van der Waals surface area contributed by atoms with Crippen LogP contribution >= 0.6 is 11.6 Å². The minimum absolute atomic E-state index is 0.238. The fourth-order valence-corrected chi connectivity index (χ4v) is 2.66. The normalized spacial score (nSPS) is 10.4. The van der Waals surface area contributed by atoms with Crippen LogP contribution in [0.4, 0.5) is 10.5 Å². The highest BCUT2D eigenvalue weighted by atomic mass is 35.5. The lowest BCUT2D eigenvalue weighted by Gasteiger charge is -2.31. The Labute approximate surface area is 137 Å². The van der Waals surface area contributed by atoms with Gasteiger partial charge in [-0.05, 0) is 30.9 Å². The van der Waals surface area contributed by atoms with E-state index in [-0.39, 0.29) is 12.0 Å². The zero-order valence-electron chi connectivity index (χ0n) is 13.5. The largest absolute Gasteiger partial charge is 0.370 e. The third-order valence-electron chi connectivity index (χ3n) is 3.37. The van der Waals surface area contributed by atoms with Gasteiger partial charge in [0.1, 0.15) is 0 Å². The summed E-state index contributed by atoms with van der Waals surface area (Å²) < 4.78 is 0. The summed E-state index contributed by atoms with van der Waals surface area (Å²) in [5.41, 5.74) is 7.30. The monoisotopic (exact) mass is 324 g/mol. The number of nitrogens with one attached hydrogen (secondary N) is 1. The molecule has 3 N–H and O–H groups in total. The second-order valence-electron chi connectivity index (χ2n) is 5.07. The third-order valence-corrected chi connectivity index (χ3v) is 3.67. The van der Waals surface area contributed by atoms with Crippen LogP contribution < -0.4 is 10.6 Å². The third kappa shape index (κ3) is 4.13. The minimum atomic E-state index is -0.293. The van der Waals surface area contributed by atoms with Crippen molar-refractivity contribution < 1.29 is 4.79 Å². The zero-order valence-corrected chi connectivity index (χ0v) is 14.3. The van der Waals surface area contributed by atoms with Crippen LogP contribution in [-0.2, 0) is 6.42 Å². The molecule has 0 saturated heterocycles. The maximum Gasteiger partial charge on any atom is 0.331 e. The fraction of sp³-hybridized carbons (Fsp3) is 0.500. The van der Waals surface area contributed by atoms with E-state index in [4.69, 9.17) is 22.7 Å². The molecule has 0 radical (unpaired) electrons. The Morgan fingerprint density at radius 2 is 1.86 bits per heavy atom. The van der Waals surface area contributed by atoms with Gasteiger partial charge in [0.25, 0.3) is 0 Å². The number of carbonyl (C=O) groups is 1. The number of halogens is 1. The van der Waals surface area contributed by atoms with E-state index in [1.807, 2.05) is 32.9 Å². The van der Waals surface area contributed by atoms with Crippen molar-refractivity contribution in [2.45, 2.75) is 40.0 Å². The molecule has 1 aromatic rings. The molecule has 0 unspecified atom stereocenters. The summed E-state index contributed by atoms with van der Waals surface area (Å²) in [7, 11) is 0. The first-order valence-corrected chi connectivity index (χ1v) is 8.06. The van der Waals surface area contributed by atoms with Gasteiger partial charge >= 0.3 is 6.03 Å². The quantitative estimate of drug-likeness (QED) is 0.616. The van der Waals surface area contributed by atoms with Gasteiger partial charge in [0.15, 0.2) is 5.96 Å². The van der Waals surface area contributed by atoms with Crippen LogP contribution in [0.15, 0.2) is 18.2 Å². The topological polar surface area (TPSA) is 73.4 Å². The number of aryl methyl sites for hydroxylation is 1. The molecule has 122 valence electrons. The van der Waals surface area contributed by atoms with Gasteiger partial charge in [0.05, 0.1) is 10.7 Å². The second-order valence-corrected chi connectivity index (χ2v) is 5.48. The van der Waals surface area contributed by atoms with Gasteiger partial charge in [-0.1, -0.05) is 44.5 Å². The van der Waals surface area contributed by atoms with Gasteiger partial charge in [-0.15, -0.1) is 0 Å². The van der Waals surface area contributed by atoms with Gasteiger partial charge in [-0.2, -0.15) is 0 Å². The Hall–Kier alpha value is -1.75. The number of urea groups is 1. The lowest BCUT2D eigenvalue weighted by Crippen LogP contribution is -2.50. The highest BCUT2D eigenvalue weighted by molar-refractivity contribution is 6.34. The van der Waals surface area contributed by atoms with E-state index in [2.05, 4.69) is 0 Å². The maximum absolute atomic E-state index is 12.9. The molecule has 0 heterocycles. The Morgan fingerprint density at radius 3 is 2.36 bits per heavy atom. The van der Waals surface area contributed by atoms with Crippen molar-refractivity contribution in [3.05, 3.63) is 28.8 Å². The summed E-state index contributed by atoms with van der Waals surface area (Å²) in [6.07, 6.45) is 2.30. The molecule has 0 aliphatic rings. The summed E-state index contributed by atoms with van der Waals surface area (Å²) in [5.74, 6) is -0.238. The van der Waals surface area contributed by atoms with Crippen molar-refractivity contribution in [2.75, 3.05) is 18.0 Å². The maximum atomic E-state index is 12.9. The number of para-hydroxylation sites is 1. The van der Waals surface area contributed by atoms with Crippen LogP contribution in [0.1, 0.15) is 39.2 Å². The van der Waals surface area contributed by atoms with Gasteiger partial charge in [-0.25, -0.2) is 4.79 Å². The highest BCUT2D eigenvalue weighted by Crippen LogP contribution is 2.31. The number of hydrogen-bond donors (Lipinski definition) is 2. The van der Waals surface area contributed by atoms with E-state index in [0.29, 0.717) is 18.1 Å². The van der Waals surface area contributed by atoms with Crippen LogP contribution in [0.3, 0.4) is 0 Å². The molecule has 0 aliphatic heterocycles. The first-order chi connectivity index (χ1) is 10.5. The van der Waals surface area contributed by atoms with E-state index in [1.54, 1.807) is 11.0 Å². The summed E-state index contributed by atoms with van der Waals surface area (Å²) in [5, 5.41) is 8.19. The molecule has 2 amide bonds. The van der Waals surface area contributed by atoms with Crippen LogP contribution in [0, 0.1) is 5.41 Å². The minimum Gasteiger partial charge on any atom is -0.370 e. The molecule has 5 nitrogen and oxygen atoms in total. The molecule has 1 aromatic carbocycles. The predicted octanol–water partition coefficient (Wildman–Crippen LogP) is 3.84. The molecule has 0 aromatic heterocycles. The molecule has 0 saturated carbocycles. The van der Waals surface area contributed by atoms with E-state index in [1.165, 1.54) is 4.90 Å². The second kappa shape index (κ2) is 8.63. The average molecular weight is 325 g/mol. The van der Waals surface area contributed by atoms with Crippen molar-refractivity contribution in [3.63, 3.8) is 0 Å². The summed E-state index contributed by atoms with van der Waals surface area (Å²) in [4.78, 5) is 15.8. The Bertz CT molecular complexity index is 533. The van der Waals surface area contributed by atoms with Gasteiger partial charge in [-0.3, -0.25) is 15.2 Å². The number of guanidine groups is 1. The van der Waals surface area contributed by atoms with Gasteiger partial charge < -0.3 is 5.73 Å². The van der Waals surface area contributed by atoms with E-state index in [9.17, 15) is 4.79 Å². The number of benzene rings is 1. The van der Waals surface area contributed by atoms with Crippen molar-refractivity contribution >= 4 is 29.3 Å². The van der Waals surface area contributed by atoms with Gasteiger partial charge in [0.2, 0.25) is 0 Å². The summed E-state index contributed by atoms with van der Waals surface area (Å²) in [6.45, 7) is 6.92. The summed E-state index contributed by atoms with van der Waals surface area (Å²) in [6, 6.07) is 5.34. The predicted molar refractivity (Wildman–Crippen MR) is 92.8 cm³/mol. The molecule has 0 aliphatic carbocycles. The molecule has 0 fully saturated rings. The molecule has 0 bridgehead atoms. The van der Waals surface area contributed by atoms with Crippen molar-refractivity contribution in [3.8, 4) is 0 Å². The van der Waals surface area contributed by atoms with Crippen LogP contribution in [0.25, 0.3) is 0 Å². The van der Waals surface area contributed by atoms with Crippen LogP contribution in [0.5, 0.6) is 0 Å². The number of nitrogens with two attached hydrogens (primary N) is 1. The Morgan fingerprint density at radius 1 is 1.23 bits per heavy atom. The number of hydrogen-bond acceptors (Lipinski definition) is 2. The molecule has 0 atom stereocenters. The molecular formula is C16H25ClN4O. The van der Waals surface area contributed by atoms with Crippen molar-refractivity contribution in [2.24, 2.45) is 5.73 Å². The lowest BCUT2D eigenvalue weighted by molar-refractivity contribution is 0.226. The number of rotatable bonds is 6. The van der Waals surface area contributed by atoms with E-state index >= 15 is 0 Å². The molecule has 6 heteroatoms. The summed E-state index contributed by atoms with van der Waals surface area (Å²) >= 11 is 6.35.